The van der Waals surface area contributed by atoms with Gasteiger partial charge in [-0.1, -0.05) is 30.3 Å². The fourth-order valence-corrected chi connectivity index (χ4v) is 1.95. The number of benzene rings is 2. The first-order valence-corrected chi connectivity index (χ1v) is 6.96. The van der Waals surface area contributed by atoms with Crippen LogP contribution in [-0.2, 0) is 11.3 Å². The third kappa shape index (κ3) is 4.48. The van der Waals surface area contributed by atoms with Gasteiger partial charge in [-0.15, -0.1) is 0 Å². The number of amides is 1. The number of carbonyl (C=O) groups is 1. The number of hydrogen-bond donors (Lipinski definition) is 1. The maximum Gasteiger partial charge on any atom is 0.223 e. The highest BCUT2D eigenvalue weighted by Crippen LogP contribution is 2.17. The lowest BCUT2D eigenvalue weighted by Gasteiger charge is -2.10. The van der Waals surface area contributed by atoms with Gasteiger partial charge in [-0.3, -0.25) is 4.79 Å². The van der Waals surface area contributed by atoms with Crippen LogP contribution in [0.25, 0.3) is 0 Å². The van der Waals surface area contributed by atoms with Crippen LogP contribution < -0.4 is 14.8 Å². The van der Waals surface area contributed by atoms with E-state index in [0.29, 0.717) is 6.54 Å². The Kier molecular flexibility index (Phi) is 5.77. The largest absolute Gasteiger partial charge is 0.496 e. The van der Waals surface area contributed by atoms with Gasteiger partial charge in [0.1, 0.15) is 5.75 Å². The van der Waals surface area contributed by atoms with E-state index in [0.717, 1.165) is 11.3 Å². The molecule has 2 rings (SSSR count). The Morgan fingerprint density at radius 1 is 1.09 bits per heavy atom. The Morgan fingerprint density at radius 2 is 1.77 bits per heavy atom. The molecule has 0 aromatic heterocycles. The minimum Gasteiger partial charge on any atom is -0.496 e. The summed E-state index contributed by atoms with van der Waals surface area (Å²) in [5.41, 5.74) is 0.897. The zero-order valence-corrected chi connectivity index (χ0v) is 12.3. The molecule has 2 aromatic carbocycles. The molecule has 0 unspecified atom stereocenters. The molecule has 1 amide bonds. The molecule has 0 radical (unpaired) electrons. The molecule has 0 saturated carbocycles. The second-order valence-electron chi connectivity index (χ2n) is 4.62. The second kappa shape index (κ2) is 8.02. The van der Waals surface area contributed by atoms with Crippen LogP contribution in [0.2, 0.25) is 0 Å². The van der Waals surface area contributed by atoms with Crippen molar-refractivity contribution >= 4 is 5.91 Å². The fourth-order valence-electron chi connectivity index (χ4n) is 1.95. The van der Waals surface area contributed by atoms with Crippen LogP contribution in [0, 0.1) is 5.82 Å². The van der Waals surface area contributed by atoms with Crippen molar-refractivity contribution in [2.24, 2.45) is 0 Å². The molecule has 0 atom stereocenters. The molecule has 5 heteroatoms. The number of halogens is 1. The SMILES string of the molecule is COc1ccccc1CNC(=O)CCOc1ccccc1F. The summed E-state index contributed by atoms with van der Waals surface area (Å²) in [5.74, 6) is 0.282. The Balaban J connectivity index is 1.75. The molecule has 1 N–H and O–H groups in total. The monoisotopic (exact) mass is 303 g/mol. The summed E-state index contributed by atoms with van der Waals surface area (Å²) in [7, 11) is 1.59. The van der Waals surface area contributed by atoms with Crippen molar-refractivity contribution in [1.82, 2.24) is 5.32 Å². The Hall–Kier alpha value is -2.56. The number of hydrogen-bond acceptors (Lipinski definition) is 3. The normalized spacial score (nSPS) is 10.1. The predicted octanol–water partition coefficient (Wildman–Crippen LogP) is 2.92. The van der Waals surface area contributed by atoms with Gasteiger partial charge >= 0.3 is 0 Å². The van der Waals surface area contributed by atoms with Gasteiger partial charge in [0, 0.05) is 12.1 Å². The number of nitrogens with one attached hydrogen (secondary N) is 1. The number of methoxy groups -OCH3 is 1. The van der Waals surface area contributed by atoms with Gasteiger partial charge in [0.2, 0.25) is 5.91 Å². The van der Waals surface area contributed by atoms with Gasteiger partial charge < -0.3 is 14.8 Å². The molecule has 0 heterocycles. The summed E-state index contributed by atoms with van der Waals surface area (Å²) in [6.45, 7) is 0.501. The number of ether oxygens (including phenoxy) is 2. The molecule has 2 aromatic rings. The van der Waals surface area contributed by atoms with E-state index in [1.165, 1.54) is 12.1 Å². The van der Waals surface area contributed by atoms with E-state index >= 15 is 0 Å². The lowest BCUT2D eigenvalue weighted by Crippen LogP contribution is -2.24. The van der Waals surface area contributed by atoms with Gasteiger partial charge in [-0.2, -0.15) is 0 Å². The fraction of sp³-hybridized carbons (Fsp3) is 0.235. The zero-order chi connectivity index (χ0) is 15.8. The topological polar surface area (TPSA) is 47.6 Å². The van der Waals surface area contributed by atoms with Crippen LogP contribution in [0.5, 0.6) is 11.5 Å². The molecule has 0 spiro atoms. The van der Waals surface area contributed by atoms with Gasteiger partial charge in [0.15, 0.2) is 11.6 Å². The molecule has 4 nitrogen and oxygen atoms in total. The lowest BCUT2D eigenvalue weighted by molar-refractivity contribution is -0.121. The Morgan fingerprint density at radius 3 is 2.50 bits per heavy atom. The number of para-hydroxylation sites is 2. The van der Waals surface area contributed by atoms with Crippen molar-refractivity contribution in [3.63, 3.8) is 0 Å². The highest BCUT2D eigenvalue weighted by Gasteiger charge is 2.06. The predicted molar refractivity (Wildman–Crippen MR) is 81.4 cm³/mol. The van der Waals surface area contributed by atoms with Crippen LogP contribution in [-0.4, -0.2) is 19.6 Å². The lowest BCUT2D eigenvalue weighted by atomic mass is 10.2. The summed E-state index contributed by atoms with van der Waals surface area (Å²) in [6.07, 6.45) is 0.156. The first kappa shape index (κ1) is 15.8. The molecule has 22 heavy (non-hydrogen) atoms. The maximum absolute atomic E-state index is 13.3. The molecule has 0 aliphatic carbocycles. The quantitative estimate of drug-likeness (QED) is 0.855. The molecular formula is C17H18FNO3. The molecule has 0 aliphatic rings. The average Bonchev–Trinajstić information content (AvgIpc) is 2.55. The Bertz CT molecular complexity index is 631. The first-order chi connectivity index (χ1) is 10.7. The van der Waals surface area contributed by atoms with E-state index in [4.69, 9.17) is 9.47 Å². The van der Waals surface area contributed by atoms with Crippen molar-refractivity contribution in [3.8, 4) is 11.5 Å². The van der Waals surface area contributed by atoms with Gasteiger partial charge in [0.05, 0.1) is 20.1 Å². The van der Waals surface area contributed by atoms with E-state index in [-0.39, 0.29) is 24.7 Å². The van der Waals surface area contributed by atoms with E-state index in [9.17, 15) is 9.18 Å². The molecular weight excluding hydrogens is 285 g/mol. The van der Waals surface area contributed by atoms with Crippen molar-refractivity contribution in [2.45, 2.75) is 13.0 Å². The van der Waals surface area contributed by atoms with E-state index in [2.05, 4.69) is 5.32 Å². The van der Waals surface area contributed by atoms with Crippen LogP contribution in [0.3, 0.4) is 0 Å². The summed E-state index contributed by atoms with van der Waals surface area (Å²) < 4.78 is 23.8. The third-order valence-electron chi connectivity index (χ3n) is 3.09. The third-order valence-corrected chi connectivity index (χ3v) is 3.09. The molecule has 116 valence electrons. The average molecular weight is 303 g/mol. The molecule has 0 aliphatic heterocycles. The van der Waals surface area contributed by atoms with E-state index in [1.54, 1.807) is 19.2 Å². The van der Waals surface area contributed by atoms with Gasteiger partial charge in [-0.25, -0.2) is 4.39 Å². The van der Waals surface area contributed by atoms with Crippen LogP contribution >= 0.6 is 0 Å². The van der Waals surface area contributed by atoms with E-state index < -0.39 is 5.82 Å². The summed E-state index contributed by atoms with van der Waals surface area (Å²) >= 11 is 0. The Labute approximate surface area is 128 Å². The smallest absolute Gasteiger partial charge is 0.223 e. The summed E-state index contributed by atoms with van der Waals surface area (Å²) in [6, 6.07) is 13.6. The minimum atomic E-state index is -0.433. The second-order valence-corrected chi connectivity index (χ2v) is 4.62. The highest BCUT2D eigenvalue weighted by molar-refractivity contribution is 5.76. The van der Waals surface area contributed by atoms with Crippen LogP contribution in [0.15, 0.2) is 48.5 Å². The minimum absolute atomic E-state index is 0.124. The summed E-state index contributed by atoms with van der Waals surface area (Å²) in [4.78, 5) is 11.8. The van der Waals surface area contributed by atoms with Crippen molar-refractivity contribution in [1.29, 1.82) is 0 Å². The highest BCUT2D eigenvalue weighted by atomic mass is 19.1. The van der Waals surface area contributed by atoms with Gasteiger partial charge in [0.25, 0.3) is 0 Å². The number of rotatable bonds is 7. The van der Waals surface area contributed by atoms with Crippen molar-refractivity contribution in [2.75, 3.05) is 13.7 Å². The maximum atomic E-state index is 13.3. The van der Waals surface area contributed by atoms with Gasteiger partial charge in [-0.05, 0) is 18.2 Å². The first-order valence-electron chi connectivity index (χ1n) is 6.96. The van der Waals surface area contributed by atoms with Crippen LogP contribution in [0.1, 0.15) is 12.0 Å². The van der Waals surface area contributed by atoms with Crippen LogP contribution in [0.4, 0.5) is 4.39 Å². The van der Waals surface area contributed by atoms with Crippen molar-refractivity contribution in [3.05, 3.63) is 59.9 Å². The molecule has 0 fully saturated rings. The summed E-state index contributed by atoms with van der Waals surface area (Å²) in [5, 5.41) is 2.78. The molecule has 0 bridgehead atoms. The zero-order valence-electron chi connectivity index (χ0n) is 12.3. The number of carbonyl (C=O) groups excluding carboxylic acids is 1. The molecule has 0 saturated heterocycles. The standard InChI is InChI=1S/C17H18FNO3/c1-21-15-8-4-2-6-13(15)12-19-17(20)10-11-22-16-9-5-3-7-14(16)18/h2-9H,10-12H2,1H3,(H,19,20). The van der Waals surface area contributed by atoms with E-state index in [1.807, 2.05) is 24.3 Å². The van der Waals surface area contributed by atoms with Crippen molar-refractivity contribution < 1.29 is 18.7 Å².